The number of hydrogen-bond acceptors (Lipinski definition) is 2. The van der Waals surface area contributed by atoms with E-state index in [0.29, 0.717) is 0 Å². The maximum Gasteiger partial charge on any atom is 0.0932 e. The number of thiophene rings is 1. The first-order valence-electron chi connectivity index (χ1n) is 4.35. The molecule has 1 N–H and O–H groups in total. The normalized spacial score (nSPS) is 12.0. The highest BCUT2D eigenvalue weighted by Gasteiger charge is 2.17. The third-order valence-electron chi connectivity index (χ3n) is 1.76. The van der Waals surface area contributed by atoms with Gasteiger partial charge in [0.2, 0.25) is 0 Å². The van der Waals surface area contributed by atoms with Gasteiger partial charge < -0.3 is 5.11 Å². The summed E-state index contributed by atoms with van der Waals surface area (Å²) in [6.45, 7) is 5.83. The van der Waals surface area contributed by atoms with E-state index in [1.165, 1.54) is 11.3 Å². The van der Waals surface area contributed by atoms with Gasteiger partial charge in [0.25, 0.3) is 0 Å². The first-order valence-corrected chi connectivity index (χ1v) is 5.17. The minimum absolute atomic E-state index is 0.670. The second-order valence-electron chi connectivity index (χ2n) is 3.57. The molecule has 0 fully saturated rings. The molecule has 0 radical (unpaired) electrons. The van der Waals surface area contributed by atoms with Crippen LogP contribution in [0.5, 0.6) is 0 Å². The lowest BCUT2D eigenvalue weighted by atomic mass is 10.1. The summed E-state index contributed by atoms with van der Waals surface area (Å²) >= 11 is 1.71. The SMILES string of the molecule is CCCc1ccc(C(C)(C)O)s1. The number of rotatable bonds is 3. The molecule has 0 bridgehead atoms. The molecule has 0 aliphatic heterocycles. The van der Waals surface area contributed by atoms with Crippen molar-refractivity contribution in [2.24, 2.45) is 0 Å². The van der Waals surface area contributed by atoms with Crippen LogP contribution in [0.4, 0.5) is 0 Å². The van der Waals surface area contributed by atoms with E-state index in [1.54, 1.807) is 11.3 Å². The fourth-order valence-electron chi connectivity index (χ4n) is 1.09. The van der Waals surface area contributed by atoms with Gasteiger partial charge in [-0.25, -0.2) is 0 Å². The molecule has 1 aromatic heterocycles. The molecule has 0 atom stereocenters. The van der Waals surface area contributed by atoms with E-state index in [0.717, 1.165) is 11.3 Å². The second kappa shape index (κ2) is 3.58. The molecular weight excluding hydrogens is 168 g/mol. The van der Waals surface area contributed by atoms with Crippen molar-refractivity contribution in [1.29, 1.82) is 0 Å². The second-order valence-corrected chi connectivity index (χ2v) is 4.74. The van der Waals surface area contributed by atoms with Gasteiger partial charge in [-0.2, -0.15) is 0 Å². The molecule has 0 amide bonds. The van der Waals surface area contributed by atoms with E-state index in [1.807, 2.05) is 19.9 Å². The van der Waals surface area contributed by atoms with E-state index in [4.69, 9.17) is 0 Å². The maximum absolute atomic E-state index is 9.68. The van der Waals surface area contributed by atoms with E-state index in [-0.39, 0.29) is 0 Å². The predicted molar refractivity (Wildman–Crippen MR) is 53.6 cm³/mol. The van der Waals surface area contributed by atoms with Gasteiger partial charge in [-0.3, -0.25) is 0 Å². The Balaban J connectivity index is 2.77. The Kier molecular flexibility index (Phi) is 2.91. The Bertz CT molecular complexity index is 245. The Morgan fingerprint density at radius 1 is 1.42 bits per heavy atom. The summed E-state index contributed by atoms with van der Waals surface area (Å²) in [5.74, 6) is 0. The summed E-state index contributed by atoms with van der Waals surface area (Å²) in [6.07, 6.45) is 2.30. The Labute approximate surface area is 78.1 Å². The molecule has 1 heterocycles. The van der Waals surface area contributed by atoms with E-state index >= 15 is 0 Å². The van der Waals surface area contributed by atoms with Crippen molar-refractivity contribution in [3.63, 3.8) is 0 Å². The molecule has 0 aliphatic rings. The molecule has 0 aromatic carbocycles. The molecule has 1 nitrogen and oxygen atoms in total. The molecule has 0 spiro atoms. The quantitative estimate of drug-likeness (QED) is 0.765. The fourth-order valence-corrected chi connectivity index (χ4v) is 2.20. The van der Waals surface area contributed by atoms with Crippen molar-refractivity contribution in [2.45, 2.75) is 39.2 Å². The summed E-state index contributed by atoms with van der Waals surface area (Å²) in [5, 5.41) is 9.68. The van der Waals surface area contributed by atoms with Crippen LogP contribution in [0.1, 0.15) is 36.9 Å². The zero-order valence-electron chi connectivity index (χ0n) is 7.92. The number of aryl methyl sites for hydroxylation is 1. The molecule has 2 heteroatoms. The molecule has 68 valence electrons. The Hall–Kier alpha value is -0.340. The number of hydrogen-bond donors (Lipinski definition) is 1. The minimum Gasteiger partial charge on any atom is -0.385 e. The van der Waals surface area contributed by atoms with E-state index < -0.39 is 5.60 Å². The molecule has 1 rings (SSSR count). The van der Waals surface area contributed by atoms with Crippen LogP contribution >= 0.6 is 11.3 Å². The minimum atomic E-state index is -0.670. The summed E-state index contributed by atoms with van der Waals surface area (Å²) in [7, 11) is 0. The number of aliphatic hydroxyl groups is 1. The highest BCUT2D eigenvalue weighted by Crippen LogP contribution is 2.28. The molecular formula is C10H16OS. The molecule has 12 heavy (non-hydrogen) atoms. The lowest BCUT2D eigenvalue weighted by molar-refractivity contribution is 0.0825. The molecule has 0 unspecified atom stereocenters. The smallest absolute Gasteiger partial charge is 0.0932 e. The van der Waals surface area contributed by atoms with Crippen LogP contribution in [0.2, 0.25) is 0 Å². The van der Waals surface area contributed by atoms with Crippen molar-refractivity contribution < 1.29 is 5.11 Å². The van der Waals surface area contributed by atoms with Gasteiger partial charge in [0.05, 0.1) is 5.60 Å². The highest BCUT2D eigenvalue weighted by molar-refractivity contribution is 7.12. The van der Waals surface area contributed by atoms with Crippen LogP contribution < -0.4 is 0 Å². The van der Waals surface area contributed by atoms with Crippen molar-refractivity contribution in [2.75, 3.05) is 0 Å². The highest BCUT2D eigenvalue weighted by atomic mass is 32.1. The largest absolute Gasteiger partial charge is 0.385 e. The van der Waals surface area contributed by atoms with Gasteiger partial charge in [0.15, 0.2) is 0 Å². The molecule has 0 aliphatic carbocycles. The van der Waals surface area contributed by atoms with E-state index in [9.17, 15) is 5.11 Å². The molecule has 1 aromatic rings. The fraction of sp³-hybridized carbons (Fsp3) is 0.600. The average molecular weight is 184 g/mol. The van der Waals surface area contributed by atoms with Gasteiger partial charge in [-0.15, -0.1) is 11.3 Å². The third-order valence-corrected chi connectivity index (χ3v) is 3.22. The summed E-state index contributed by atoms with van der Waals surface area (Å²) in [6, 6.07) is 4.14. The van der Waals surface area contributed by atoms with Crippen molar-refractivity contribution >= 4 is 11.3 Å². The van der Waals surface area contributed by atoms with Crippen LogP contribution in [0.15, 0.2) is 12.1 Å². The summed E-state index contributed by atoms with van der Waals surface area (Å²) < 4.78 is 0. The van der Waals surface area contributed by atoms with Gasteiger partial charge >= 0.3 is 0 Å². The van der Waals surface area contributed by atoms with Crippen LogP contribution in [-0.2, 0) is 12.0 Å². The molecule has 0 saturated heterocycles. The maximum atomic E-state index is 9.68. The van der Waals surface area contributed by atoms with Crippen LogP contribution in [-0.4, -0.2) is 5.11 Å². The van der Waals surface area contributed by atoms with Crippen LogP contribution in [0, 0.1) is 0 Å². The Morgan fingerprint density at radius 3 is 2.50 bits per heavy atom. The Morgan fingerprint density at radius 2 is 2.08 bits per heavy atom. The van der Waals surface area contributed by atoms with Gasteiger partial charge in [0.1, 0.15) is 0 Å². The standard InChI is InChI=1S/C10H16OS/c1-4-5-8-6-7-9(12-8)10(2,3)11/h6-7,11H,4-5H2,1-3H3. The first-order chi connectivity index (χ1) is 5.54. The van der Waals surface area contributed by atoms with Gasteiger partial charge in [-0.1, -0.05) is 13.3 Å². The lowest BCUT2D eigenvalue weighted by Crippen LogP contribution is -2.12. The average Bonchev–Trinajstić information content (AvgIpc) is 2.35. The summed E-state index contributed by atoms with van der Waals surface area (Å²) in [4.78, 5) is 2.43. The zero-order valence-corrected chi connectivity index (χ0v) is 8.74. The monoisotopic (exact) mass is 184 g/mol. The van der Waals surface area contributed by atoms with Gasteiger partial charge in [0, 0.05) is 9.75 Å². The third kappa shape index (κ3) is 2.32. The predicted octanol–water partition coefficient (Wildman–Crippen LogP) is 2.93. The zero-order chi connectivity index (χ0) is 9.19. The lowest BCUT2D eigenvalue weighted by Gasteiger charge is -2.13. The first kappa shape index (κ1) is 9.75. The van der Waals surface area contributed by atoms with Crippen molar-refractivity contribution in [3.8, 4) is 0 Å². The summed E-state index contributed by atoms with van der Waals surface area (Å²) in [5.41, 5.74) is -0.670. The van der Waals surface area contributed by atoms with Crippen molar-refractivity contribution in [1.82, 2.24) is 0 Å². The van der Waals surface area contributed by atoms with Crippen molar-refractivity contribution in [3.05, 3.63) is 21.9 Å². The molecule has 0 saturated carbocycles. The van der Waals surface area contributed by atoms with Gasteiger partial charge in [-0.05, 0) is 32.4 Å². The van der Waals surface area contributed by atoms with E-state index in [2.05, 4.69) is 13.0 Å². The topological polar surface area (TPSA) is 20.2 Å². The van der Waals surface area contributed by atoms with Crippen LogP contribution in [0.25, 0.3) is 0 Å². The van der Waals surface area contributed by atoms with Crippen LogP contribution in [0.3, 0.4) is 0 Å².